The molecule has 4 nitrogen and oxygen atoms in total. The highest BCUT2D eigenvalue weighted by atomic mass is 32.2. The zero-order valence-electron chi connectivity index (χ0n) is 9.45. The number of hydrogen-bond donors (Lipinski definition) is 1. The van der Waals surface area contributed by atoms with Crippen LogP contribution in [0.2, 0.25) is 0 Å². The van der Waals surface area contributed by atoms with Gasteiger partial charge in [0.15, 0.2) is 0 Å². The SMILES string of the molecule is Nc1cccc(S(=O)CCCn2ccnc2)c1. The Bertz CT molecular complexity index is 496. The highest BCUT2D eigenvalue weighted by molar-refractivity contribution is 7.85. The molecule has 0 radical (unpaired) electrons. The molecule has 0 aliphatic heterocycles. The van der Waals surface area contributed by atoms with Crippen molar-refractivity contribution in [2.75, 3.05) is 11.5 Å². The number of rotatable bonds is 5. The molecule has 90 valence electrons. The largest absolute Gasteiger partial charge is 0.399 e. The summed E-state index contributed by atoms with van der Waals surface area (Å²) in [6.45, 7) is 0.841. The summed E-state index contributed by atoms with van der Waals surface area (Å²) in [5.74, 6) is 0.641. The van der Waals surface area contributed by atoms with E-state index in [0.717, 1.165) is 17.9 Å². The number of aromatic nitrogens is 2. The zero-order valence-corrected chi connectivity index (χ0v) is 10.3. The fraction of sp³-hybridized carbons (Fsp3) is 0.250. The fourth-order valence-electron chi connectivity index (χ4n) is 1.57. The van der Waals surface area contributed by atoms with E-state index in [4.69, 9.17) is 5.73 Å². The number of nitrogen functional groups attached to an aromatic ring is 1. The molecule has 0 amide bonds. The van der Waals surface area contributed by atoms with Crippen LogP contribution in [-0.2, 0) is 17.3 Å². The van der Waals surface area contributed by atoms with Gasteiger partial charge in [0.05, 0.1) is 17.1 Å². The lowest BCUT2D eigenvalue weighted by atomic mass is 10.3. The maximum atomic E-state index is 12.0. The van der Waals surface area contributed by atoms with E-state index in [-0.39, 0.29) is 0 Å². The minimum atomic E-state index is -0.969. The van der Waals surface area contributed by atoms with Gasteiger partial charge >= 0.3 is 0 Å². The molecule has 0 aliphatic carbocycles. The number of imidazole rings is 1. The third-order valence-electron chi connectivity index (χ3n) is 2.43. The smallest absolute Gasteiger partial charge is 0.0945 e. The summed E-state index contributed by atoms with van der Waals surface area (Å²) in [5, 5.41) is 0. The van der Waals surface area contributed by atoms with E-state index in [9.17, 15) is 4.21 Å². The minimum absolute atomic E-state index is 0.641. The van der Waals surface area contributed by atoms with Crippen LogP contribution < -0.4 is 5.73 Å². The molecule has 1 heterocycles. The summed E-state index contributed by atoms with van der Waals surface area (Å²) in [6.07, 6.45) is 6.28. The quantitative estimate of drug-likeness (QED) is 0.820. The van der Waals surface area contributed by atoms with Gasteiger partial charge in [-0.2, -0.15) is 0 Å². The molecule has 1 aromatic heterocycles. The summed E-state index contributed by atoms with van der Waals surface area (Å²) >= 11 is 0. The van der Waals surface area contributed by atoms with Gasteiger partial charge in [-0.15, -0.1) is 0 Å². The molecule has 1 atom stereocenters. The number of anilines is 1. The monoisotopic (exact) mass is 249 g/mol. The molecule has 2 rings (SSSR count). The van der Waals surface area contributed by atoms with Gasteiger partial charge in [-0.1, -0.05) is 6.07 Å². The van der Waals surface area contributed by atoms with Crippen molar-refractivity contribution in [1.29, 1.82) is 0 Å². The molecule has 1 unspecified atom stereocenters. The third kappa shape index (κ3) is 3.42. The molecule has 0 fully saturated rings. The van der Waals surface area contributed by atoms with Crippen LogP contribution in [0.1, 0.15) is 6.42 Å². The predicted octanol–water partition coefficient (Wildman–Crippen LogP) is 1.66. The lowest BCUT2D eigenvalue weighted by Crippen LogP contribution is -2.03. The predicted molar refractivity (Wildman–Crippen MR) is 69.0 cm³/mol. The van der Waals surface area contributed by atoms with Crippen molar-refractivity contribution in [1.82, 2.24) is 9.55 Å². The Morgan fingerprint density at radius 3 is 3.00 bits per heavy atom. The molecule has 0 spiro atoms. The van der Waals surface area contributed by atoms with Gasteiger partial charge in [0.1, 0.15) is 0 Å². The number of nitrogens with two attached hydrogens (primary N) is 1. The average molecular weight is 249 g/mol. The van der Waals surface area contributed by atoms with Crippen LogP contribution in [0.15, 0.2) is 47.9 Å². The standard InChI is InChI=1S/C12H15N3OS/c13-11-3-1-4-12(9-11)17(16)8-2-6-15-7-5-14-10-15/h1,3-5,7,9-10H,2,6,8,13H2. The third-order valence-corrected chi connectivity index (χ3v) is 3.87. The molecular weight excluding hydrogens is 234 g/mol. The first-order valence-electron chi connectivity index (χ1n) is 5.45. The zero-order chi connectivity index (χ0) is 12.1. The molecular formula is C12H15N3OS. The molecule has 2 aromatic rings. The normalized spacial score (nSPS) is 12.5. The Hall–Kier alpha value is -1.62. The lowest BCUT2D eigenvalue weighted by Gasteiger charge is -2.04. The van der Waals surface area contributed by atoms with Gasteiger partial charge in [0, 0.05) is 35.3 Å². The molecule has 17 heavy (non-hydrogen) atoms. The Morgan fingerprint density at radius 2 is 2.29 bits per heavy atom. The second-order valence-corrected chi connectivity index (χ2v) is 5.35. The van der Waals surface area contributed by atoms with Crippen molar-refractivity contribution < 1.29 is 4.21 Å². The van der Waals surface area contributed by atoms with E-state index in [1.165, 1.54) is 0 Å². The van der Waals surface area contributed by atoms with Gasteiger partial charge in [-0.3, -0.25) is 4.21 Å². The van der Waals surface area contributed by atoms with E-state index in [1.54, 1.807) is 24.7 Å². The second-order valence-electron chi connectivity index (χ2n) is 3.78. The Kier molecular flexibility index (Phi) is 3.93. The van der Waals surface area contributed by atoms with Gasteiger partial charge < -0.3 is 10.3 Å². The van der Waals surface area contributed by atoms with E-state index in [0.29, 0.717) is 11.4 Å². The lowest BCUT2D eigenvalue weighted by molar-refractivity contribution is 0.658. The first-order valence-corrected chi connectivity index (χ1v) is 6.77. The van der Waals surface area contributed by atoms with Crippen LogP contribution in [0.5, 0.6) is 0 Å². The van der Waals surface area contributed by atoms with Gasteiger partial charge in [0.25, 0.3) is 0 Å². The van der Waals surface area contributed by atoms with Crippen LogP contribution in [-0.4, -0.2) is 19.5 Å². The summed E-state index contributed by atoms with van der Waals surface area (Å²) in [5.41, 5.74) is 6.31. The van der Waals surface area contributed by atoms with Crippen molar-refractivity contribution in [3.8, 4) is 0 Å². The summed E-state index contributed by atoms with van der Waals surface area (Å²) in [6, 6.07) is 7.25. The van der Waals surface area contributed by atoms with E-state index in [1.807, 2.05) is 22.9 Å². The summed E-state index contributed by atoms with van der Waals surface area (Å²) in [4.78, 5) is 4.76. The van der Waals surface area contributed by atoms with Gasteiger partial charge in [-0.25, -0.2) is 4.98 Å². The number of hydrogen-bond acceptors (Lipinski definition) is 3. The first-order chi connectivity index (χ1) is 8.25. The summed E-state index contributed by atoms with van der Waals surface area (Å²) in [7, 11) is -0.969. The molecule has 0 aliphatic rings. The highest BCUT2D eigenvalue weighted by Crippen LogP contribution is 2.12. The first kappa shape index (κ1) is 11.9. The highest BCUT2D eigenvalue weighted by Gasteiger charge is 2.03. The second kappa shape index (κ2) is 5.63. The van der Waals surface area contributed by atoms with E-state index in [2.05, 4.69) is 4.98 Å². The summed E-state index contributed by atoms with van der Waals surface area (Å²) < 4.78 is 13.9. The minimum Gasteiger partial charge on any atom is -0.399 e. The van der Waals surface area contributed by atoms with Crippen molar-refractivity contribution in [3.05, 3.63) is 43.0 Å². The molecule has 1 aromatic carbocycles. The van der Waals surface area contributed by atoms with Crippen LogP contribution in [0.4, 0.5) is 5.69 Å². The van der Waals surface area contributed by atoms with E-state index < -0.39 is 10.8 Å². The Balaban J connectivity index is 1.85. The van der Waals surface area contributed by atoms with Crippen molar-refractivity contribution in [2.24, 2.45) is 0 Å². The van der Waals surface area contributed by atoms with Crippen LogP contribution in [0.25, 0.3) is 0 Å². The molecule has 0 bridgehead atoms. The molecule has 0 saturated heterocycles. The van der Waals surface area contributed by atoms with Crippen LogP contribution >= 0.6 is 0 Å². The fourth-order valence-corrected chi connectivity index (χ4v) is 2.70. The number of aryl methyl sites for hydroxylation is 1. The van der Waals surface area contributed by atoms with E-state index >= 15 is 0 Å². The van der Waals surface area contributed by atoms with Gasteiger partial charge in [-0.05, 0) is 24.6 Å². The van der Waals surface area contributed by atoms with Crippen LogP contribution in [0.3, 0.4) is 0 Å². The molecule has 2 N–H and O–H groups in total. The van der Waals surface area contributed by atoms with Gasteiger partial charge in [0.2, 0.25) is 0 Å². The maximum Gasteiger partial charge on any atom is 0.0945 e. The molecule has 5 heteroatoms. The van der Waals surface area contributed by atoms with Crippen molar-refractivity contribution in [2.45, 2.75) is 17.9 Å². The Labute approximate surface area is 103 Å². The Morgan fingerprint density at radius 1 is 1.41 bits per heavy atom. The number of benzene rings is 1. The van der Waals surface area contributed by atoms with Crippen LogP contribution in [0, 0.1) is 0 Å². The number of nitrogens with zero attached hydrogens (tertiary/aromatic N) is 2. The van der Waals surface area contributed by atoms with Crippen molar-refractivity contribution >= 4 is 16.5 Å². The maximum absolute atomic E-state index is 12.0. The topological polar surface area (TPSA) is 60.9 Å². The molecule has 0 saturated carbocycles. The average Bonchev–Trinajstić information content (AvgIpc) is 2.82. The van der Waals surface area contributed by atoms with Crippen molar-refractivity contribution in [3.63, 3.8) is 0 Å².